The molecular formula is C10H8Br2IN. The molecule has 1 heterocycles. The summed E-state index contributed by atoms with van der Waals surface area (Å²) >= 11 is 6.95. The molecule has 74 valence electrons. The van der Waals surface area contributed by atoms with Crippen LogP contribution >= 0.6 is 55.8 Å². The Hall–Kier alpha value is 0.320. The smallest absolute Gasteiger partial charge is 0.0657 e. The topological polar surface area (TPSA) is 12.9 Å². The molecule has 0 aliphatic heterocycles. The average Bonchev–Trinajstić information content (AvgIpc) is 2.19. The van der Waals surface area contributed by atoms with Crippen LogP contribution in [0.15, 0.2) is 34.9 Å². The molecule has 0 radical (unpaired) electrons. The Morgan fingerprint density at radius 2 is 1.93 bits per heavy atom. The van der Waals surface area contributed by atoms with Crippen LogP contribution in [0.5, 0.6) is 0 Å². The SMILES string of the molecule is BrCc1ncc2ccccc2c1Br.I. The number of benzene rings is 1. The van der Waals surface area contributed by atoms with Gasteiger partial charge >= 0.3 is 0 Å². The molecule has 0 unspecified atom stereocenters. The molecule has 0 saturated carbocycles. The molecule has 0 aliphatic rings. The van der Waals surface area contributed by atoms with Crippen molar-refractivity contribution in [1.29, 1.82) is 0 Å². The van der Waals surface area contributed by atoms with Gasteiger partial charge in [0.2, 0.25) is 0 Å². The van der Waals surface area contributed by atoms with Crippen LogP contribution in [-0.2, 0) is 5.33 Å². The van der Waals surface area contributed by atoms with Gasteiger partial charge in [0.25, 0.3) is 0 Å². The van der Waals surface area contributed by atoms with Crippen molar-refractivity contribution in [2.24, 2.45) is 0 Å². The van der Waals surface area contributed by atoms with Crippen LogP contribution in [0.1, 0.15) is 5.69 Å². The number of rotatable bonds is 1. The van der Waals surface area contributed by atoms with Gasteiger partial charge in [-0.1, -0.05) is 40.2 Å². The number of fused-ring (bicyclic) bond motifs is 1. The minimum atomic E-state index is 0. The first-order chi connectivity index (χ1) is 6.33. The summed E-state index contributed by atoms with van der Waals surface area (Å²) in [6, 6.07) is 8.20. The van der Waals surface area contributed by atoms with E-state index in [1.807, 2.05) is 18.3 Å². The van der Waals surface area contributed by atoms with Crippen molar-refractivity contribution in [2.45, 2.75) is 5.33 Å². The summed E-state index contributed by atoms with van der Waals surface area (Å²) in [5.74, 6) is 0. The molecule has 0 amide bonds. The zero-order chi connectivity index (χ0) is 9.26. The molecule has 0 saturated heterocycles. The second-order valence-corrected chi connectivity index (χ2v) is 4.09. The molecule has 2 rings (SSSR count). The van der Waals surface area contributed by atoms with E-state index in [9.17, 15) is 0 Å². The lowest BCUT2D eigenvalue weighted by Crippen LogP contribution is -1.87. The maximum atomic E-state index is 4.33. The monoisotopic (exact) mass is 427 g/mol. The summed E-state index contributed by atoms with van der Waals surface area (Å²) in [5.41, 5.74) is 1.04. The van der Waals surface area contributed by atoms with Gasteiger partial charge < -0.3 is 0 Å². The van der Waals surface area contributed by atoms with E-state index in [2.05, 4.69) is 49.0 Å². The fraction of sp³-hybridized carbons (Fsp3) is 0.100. The summed E-state index contributed by atoms with van der Waals surface area (Å²) in [4.78, 5) is 4.33. The molecule has 14 heavy (non-hydrogen) atoms. The van der Waals surface area contributed by atoms with E-state index in [0.717, 1.165) is 15.5 Å². The second-order valence-electron chi connectivity index (χ2n) is 2.74. The molecule has 4 heteroatoms. The van der Waals surface area contributed by atoms with Gasteiger partial charge in [-0.2, -0.15) is 0 Å². The Bertz CT molecular complexity index is 445. The highest BCUT2D eigenvalue weighted by atomic mass is 127. The number of alkyl halides is 1. The number of hydrogen-bond acceptors (Lipinski definition) is 1. The number of aromatic nitrogens is 1. The summed E-state index contributed by atoms with van der Waals surface area (Å²) in [6.45, 7) is 0. The van der Waals surface area contributed by atoms with Crippen LogP contribution in [0, 0.1) is 0 Å². The van der Waals surface area contributed by atoms with Crippen LogP contribution in [0.2, 0.25) is 0 Å². The van der Waals surface area contributed by atoms with Crippen LogP contribution in [0.4, 0.5) is 0 Å². The largest absolute Gasteiger partial charge is 0.259 e. The van der Waals surface area contributed by atoms with Crippen molar-refractivity contribution >= 4 is 66.6 Å². The first-order valence-electron chi connectivity index (χ1n) is 3.91. The predicted octanol–water partition coefficient (Wildman–Crippen LogP) is 4.51. The Balaban J connectivity index is 0.000000980. The number of halogens is 3. The third-order valence-electron chi connectivity index (χ3n) is 1.94. The third kappa shape index (κ3) is 2.28. The van der Waals surface area contributed by atoms with Gasteiger partial charge in [-0.3, -0.25) is 4.98 Å². The Kier molecular flexibility index (Phi) is 4.79. The highest BCUT2D eigenvalue weighted by Gasteiger charge is 2.03. The van der Waals surface area contributed by atoms with E-state index in [1.54, 1.807) is 0 Å². The van der Waals surface area contributed by atoms with E-state index in [-0.39, 0.29) is 24.0 Å². The van der Waals surface area contributed by atoms with Crippen LogP contribution in [0.25, 0.3) is 10.8 Å². The van der Waals surface area contributed by atoms with E-state index in [0.29, 0.717) is 0 Å². The zero-order valence-electron chi connectivity index (χ0n) is 7.21. The minimum absolute atomic E-state index is 0. The van der Waals surface area contributed by atoms with E-state index < -0.39 is 0 Å². The van der Waals surface area contributed by atoms with Gasteiger partial charge in [0.15, 0.2) is 0 Å². The number of pyridine rings is 1. The first-order valence-corrected chi connectivity index (χ1v) is 5.82. The molecule has 0 N–H and O–H groups in total. The third-order valence-corrected chi connectivity index (χ3v) is 3.35. The maximum Gasteiger partial charge on any atom is 0.0657 e. The summed E-state index contributed by atoms with van der Waals surface area (Å²) in [5, 5.41) is 3.16. The number of hydrogen-bond donors (Lipinski definition) is 0. The molecule has 2 aromatic rings. The fourth-order valence-corrected chi connectivity index (χ4v) is 2.67. The lowest BCUT2D eigenvalue weighted by atomic mass is 10.1. The maximum absolute atomic E-state index is 4.33. The lowest BCUT2D eigenvalue weighted by molar-refractivity contribution is 1.19. The second kappa shape index (κ2) is 5.42. The fourth-order valence-electron chi connectivity index (χ4n) is 1.26. The number of nitrogens with zero attached hydrogens (tertiary/aromatic N) is 1. The molecule has 1 aromatic heterocycles. The molecule has 0 aliphatic carbocycles. The quantitative estimate of drug-likeness (QED) is 0.481. The summed E-state index contributed by atoms with van der Waals surface area (Å²) < 4.78 is 1.09. The van der Waals surface area contributed by atoms with Gasteiger partial charge in [-0.05, 0) is 21.3 Å². The van der Waals surface area contributed by atoms with Crippen molar-refractivity contribution in [1.82, 2.24) is 4.98 Å². The van der Waals surface area contributed by atoms with Crippen molar-refractivity contribution in [3.8, 4) is 0 Å². The summed E-state index contributed by atoms with van der Waals surface area (Å²) in [7, 11) is 0. The Labute approximate surface area is 117 Å². The standard InChI is InChI=1S/C10H7Br2N.HI/c11-5-9-10(12)8-4-2-1-3-7(8)6-13-9;/h1-4,6H,5H2;1H. The van der Waals surface area contributed by atoms with Crippen LogP contribution in [-0.4, -0.2) is 4.98 Å². The van der Waals surface area contributed by atoms with Crippen molar-refractivity contribution in [2.75, 3.05) is 0 Å². The minimum Gasteiger partial charge on any atom is -0.259 e. The molecule has 0 atom stereocenters. The Morgan fingerprint density at radius 3 is 2.64 bits per heavy atom. The molecule has 0 spiro atoms. The van der Waals surface area contributed by atoms with Gasteiger partial charge in [0.1, 0.15) is 0 Å². The average molecular weight is 429 g/mol. The molecule has 1 nitrogen and oxygen atoms in total. The normalized spacial score (nSPS) is 9.86. The van der Waals surface area contributed by atoms with Crippen molar-refractivity contribution < 1.29 is 0 Å². The van der Waals surface area contributed by atoms with Gasteiger partial charge in [-0.25, -0.2) is 0 Å². The highest BCUT2D eigenvalue weighted by molar-refractivity contribution is 14.0. The van der Waals surface area contributed by atoms with Crippen molar-refractivity contribution in [3.05, 3.63) is 40.6 Å². The van der Waals surface area contributed by atoms with E-state index >= 15 is 0 Å². The predicted molar refractivity (Wildman–Crippen MR) is 77.5 cm³/mol. The van der Waals surface area contributed by atoms with Gasteiger partial charge in [0, 0.05) is 21.4 Å². The zero-order valence-corrected chi connectivity index (χ0v) is 12.7. The van der Waals surface area contributed by atoms with Gasteiger partial charge in [-0.15, -0.1) is 24.0 Å². The van der Waals surface area contributed by atoms with Crippen molar-refractivity contribution in [3.63, 3.8) is 0 Å². The molecule has 0 fully saturated rings. The Morgan fingerprint density at radius 1 is 1.21 bits per heavy atom. The van der Waals surface area contributed by atoms with E-state index in [1.165, 1.54) is 10.8 Å². The molecule has 0 bridgehead atoms. The highest BCUT2D eigenvalue weighted by Crippen LogP contribution is 2.26. The molecule has 1 aromatic carbocycles. The summed E-state index contributed by atoms with van der Waals surface area (Å²) in [6.07, 6.45) is 1.90. The van der Waals surface area contributed by atoms with Crippen LogP contribution < -0.4 is 0 Å². The first kappa shape index (κ1) is 12.4. The van der Waals surface area contributed by atoms with Gasteiger partial charge in [0.05, 0.1) is 5.69 Å². The van der Waals surface area contributed by atoms with Crippen LogP contribution in [0.3, 0.4) is 0 Å². The van der Waals surface area contributed by atoms with E-state index in [4.69, 9.17) is 0 Å². The lowest BCUT2D eigenvalue weighted by Gasteiger charge is -2.03. The molecular weight excluding hydrogens is 421 g/mol.